The molecule has 0 saturated carbocycles. The molecule has 2 aliphatic carbocycles. The highest BCUT2D eigenvalue weighted by atomic mass is 32.1. The topological polar surface area (TPSA) is 164 Å². The van der Waals surface area contributed by atoms with Crippen molar-refractivity contribution in [2.75, 3.05) is 0 Å². The van der Waals surface area contributed by atoms with Crippen molar-refractivity contribution in [1.82, 2.24) is 9.13 Å². The third-order valence-corrected chi connectivity index (χ3v) is 12.8. The molecule has 0 atom stereocenters. The SMILES string of the molecule is Cn1c2cc(N=C3C(=O)c4ccccc4C3=C(C#N)C#N)sc2c2sc3c4sc(N=C5C(=O)c6ccccc6C5=C(C#N)C#N)cc4n(C)c3c21. The van der Waals surface area contributed by atoms with Gasteiger partial charge in [-0.3, -0.25) is 9.59 Å². The summed E-state index contributed by atoms with van der Waals surface area (Å²) in [5.74, 6) is -0.649. The van der Waals surface area contributed by atoms with Gasteiger partial charge in [-0.15, -0.1) is 34.0 Å². The van der Waals surface area contributed by atoms with Crippen molar-refractivity contribution in [1.29, 1.82) is 21.0 Å². The maximum atomic E-state index is 13.5. The van der Waals surface area contributed by atoms with E-state index in [1.807, 2.05) is 50.5 Å². The van der Waals surface area contributed by atoms with Crippen molar-refractivity contribution >= 4 is 119 Å². The number of rotatable bonds is 2. The summed E-state index contributed by atoms with van der Waals surface area (Å²) in [4.78, 5) is 36.4. The van der Waals surface area contributed by atoms with E-state index >= 15 is 0 Å². The Kier molecular flexibility index (Phi) is 6.47. The molecule has 238 valence electrons. The Labute approximate surface area is 299 Å². The maximum absolute atomic E-state index is 13.5. The van der Waals surface area contributed by atoms with E-state index in [-0.39, 0.29) is 45.3 Å². The molecule has 2 aromatic carbocycles. The molecular weight excluding hydrogens is 697 g/mol. The molecule has 0 saturated heterocycles. The van der Waals surface area contributed by atoms with Gasteiger partial charge in [0.15, 0.2) is 0 Å². The monoisotopic (exact) mass is 712 g/mol. The Hall–Kier alpha value is -6.74. The summed E-state index contributed by atoms with van der Waals surface area (Å²) < 4.78 is 8.33. The van der Waals surface area contributed by atoms with Gasteiger partial charge in [-0.1, -0.05) is 48.5 Å². The zero-order valence-corrected chi connectivity index (χ0v) is 28.8. The second kappa shape index (κ2) is 10.9. The molecule has 5 aromatic heterocycles. The van der Waals surface area contributed by atoms with Gasteiger partial charge in [0.1, 0.15) is 56.8 Å². The summed E-state index contributed by atoms with van der Waals surface area (Å²) in [6.07, 6.45) is 0. The number of carbonyl (C=O) groups excluding carboxylic acids is 2. The van der Waals surface area contributed by atoms with Crippen LogP contribution in [0.4, 0.5) is 10.0 Å². The molecule has 0 radical (unpaired) electrons. The maximum Gasteiger partial charge on any atom is 0.212 e. The number of nitriles is 4. The number of hydrogen-bond donors (Lipinski definition) is 0. The van der Waals surface area contributed by atoms with Crippen molar-refractivity contribution in [2.24, 2.45) is 24.1 Å². The number of fused-ring (bicyclic) bond motifs is 9. The van der Waals surface area contributed by atoms with Gasteiger partial charge in [-0.2, -0.15) is 21.0 Å². The summed E-state index contributed by atoms with van der Waals surface area (Å²) in [6, 6.07) is 25.4. The number of aryl methyl sites for hydroxylation is 2. The molecule has 51 heavy (non-hydrogen) atoms. The summed E-state index contributed by atoms with van der Waals surface area (Å²) in [7, 11) is 3.98. The molecule has 0 bridgehead atoms. The second-order valence-electron chi connectivity index (χ2n) is 11.8. The van der Waals surface area contributed by atoms with E-state index in [1.54, 1.807) is 59.9 Å². The molecular formula is C38H16N8O2S3. The van der Waals surface area contributed by atoms with E-state index in [9.17, 15) is 30.6 Å². The minimum absolute atomic E-state index is 0.0846. The smallest absolute Gasteiger partial charge is 0.212 e. The predicted molar refractivity (Wildman–Crippen MR) is 200 cm³/mol. The molecule has 0 amide bonds. The zero-order valence-electron chi connectivity index (χ0n) is 26.4. The Morgan fingerprint density at radius 2 is 0.941 bits per heavy atom. The first-order valence-corrected chi connectivity index (χ1v) is 17.7. The Bertz CT molecular complexity index is 2900. The van der Waals surface area contributed by atoms with Gasteiger partial charge in [-0.05, 0) is 23.3 Å². The molecule has 7 aromatic rings. The highest BCUT2D eigenvalue weighted by Crippen LogP contribution is 2.51. The van der Waals surface area contributed by atoms with E-state index < -0.39 is 0 Å². The summed E-state index contributed by atoms with van der Waals surface area (Å²) in [6.45, 7) is 0. The Morgan fingerprint density at radius 3 is 1.31 bits per heavy atom. The number of aromatic nitrogens is 2. The lowest BCUT2D eigenvalue weighted by Crippen LogP contribution is -2.07. The van der Waals surface area contributed by atoms with Gasteiger partial charge in [-0.25, -0.2) is 9.98 Å². The molecule has 13 heteroatoms. The second-order valence-corrected chi connectivity index (χ2v) is 14.9. The fourth-order valence-electron chi connectivity index (χ4n) is 7.01. The highest BCUT2D eigenvalue weighted by molar-refractivity contribution is 7.35. The summed E-state index contributed by atoms with van der Waals surface area (Å²) in [5.41, 5.74) is 6.24. The molecule has 0 spiro atoms. The molecule has 0 N–H and O–H groups in total. The van der Waals surface area contributed by atoms with Crippen LogP contribution < -0.4 is 0 Å². The Morgan fingerprint density at radius 1 is 0.569 bits per heavy atom. The number of benzene rings is 2. The fraction of sp³-hybridized carbons (Fsp3) is 0.0526. The van der Waals surface area contributed by atoms with Crippen LogP contribution in [-0.4, -0.2) is 32.1 Å². The molecule has 0 aliphatic heterocycles. The first-order chi connectivity index (χ1) is 24.8. The van der Waals surface area contributed by atoms with E-state index in [1.165, 1.54) is 22.7 Å². The fourth-order valence-corrected chi connectivity index (χ4v) is 10.8. The number of hydrogen-bond acceptors (Lipinski definition) is 11. The van der Waals surface area contributed by atoms with Crippen LogP contribution >= 0.6 is 34.0 Å². The van der Waals surface area contributed by atoms with E-state index in [2.05, 4.69) is 9.13 Å². The number of Topliss-reactive ketones (excluding diaryl/α,β-unsaturated/α-hetero) is 2. The van der Waals surface area contributed by atoms with Gasteiger partial charge in [0.25, 0.3) is 0 Å². The van der Waals surface area contributed by atoms with Crippen LogP contribution in [-0.2, 0) is 14.1 Å². The zero-order chi connectivity index (χ0) is 35.3. The molecule has 10 nitrogen and oxygen atoms in total. The van der Waals surface area contributed by atoms with Crippen LogP contribution in [0.1, 0.15) is 31.8 Å². The lowest BCUT2D eigenvalue weighted by molar-refractivity contribution is 0.106. The lowest BCUT2D eigenvalue weighted by Gasteiger charge is -2.01. The third kappa shape index (κ3) is 4.03. The number of allylic oxidation sites excluding steroid dienone is 4. The minimum Gasteiger partial charge on any atom is -0.340 e. The first-order valence-electron chi connectivity index (χ1n) is 15.3. The van der Waals surface area contributed by atoms with Crippen molar-refractivity contribution < 1.29 is 9.59 Å². The number of carbonyl (C=O) groups is 2. The highest BCUT2D eigenvalue weighted by Gasteiger charge is 2.36. The number of ketones is 2. The Balaban J connectivity index is 1.19. The molecule has 2 aliphatic rings. The van der Waals surface area contributed by atoms with Gasteiger partial charge in [0, 0.05) is 36.4 Å². The van der Waals surface area contributed by atoms with Crippen molar-refractivity contribution in [3.05, 3.63) is 94.1 Å². The first kappa shape index (κ1) is 30.3. The van der Waals surface area contributed by atoms with Crippen molar-refractivity contribution in [2.45, 2.75) is 0 Å². The van der Waals surface area contributed by atoms with Crippen LogP contribution in [0.2, 0.25) is 0 Å². The third-order valence-electron chi connectivity index (χ3n) is 9.24. The van der Waals surface area contributed by atoms with Gasteiger partial charge >= 0.3 is 0 Å². The molecule has 9 rings (SSSR count). The molecule has 5 heterocycles. The average molecular weight is 713 g/mol. The number of aliphatic imine (C=N–C) groups is 2. The summed E-state index contributed by atoms with van der Waals surface area (Å²) in [5, 5.41) is 39.9. The number of thiophene rings is 3. The molecule has 0 unspecified atom stereocenters. The van der Waals surface area contributed by atoms with Crippen LogP contribution in [0.3, 0.4) is 0 Å². The largest absolute Gasteiger partial charge is 0.340 e. The standard InChI is InChI=1S/C38H16N8O2S3/c1-45-23-11-25(43-29-27(17(13-39)14-40)19-7-3-5-9-21(19)33(29)47)49-35(23)37-31(45)32-38(51-37)36-24(46(32)2)12-26(50-36)44-30-28(18(15-41)16-42)20-8-4-6-10-22(20)34(30)48/h3-12H,1-2H3. The average Bonchev–Trinajstić information content (AvgIpc) is 4.00. The van der Waals surface area contributed by atoms with Crippen LogP contribution in [0.5, 0.6) is 0 Å². The van der Waals surface area contributed by atoms with E-state index in [4.69, 9.17) is 9.98 Å². The quantitative estimate of drug-likeness (QED) is 0.163. The van der Waals surface area contributed by atoms with Crippen molar-refractivity contribution in [3.8, 4) is 24.3 Å². The van der Waals surface area contributed by atoms with Gasteiger partial charge in [0.05, 0.1) is 40.9 Å². The lowest BCUT2D eigenvalue weighted by atomic mass is 10.0. The van der Waals surface area contributed by atoms with E-state index in [0.29, 0.717) is 32.3 Å². The van der Waals surface area contributed by atoms with Crippen LogP contribution in [0, 0.1) is 45.3 Å². The van der Waals surface area contributed by atoms with Gasteiger partial charge in [0.2, 0.25) is 11.6 Å². The summed E-state index contributed by atoms with van der Waals surface area (Å²) >= 11 is 4.52. The predicted octanol–water partition coefficient (Wildman–Crippen LogP) is 8.70. The van der Waals surface area contributed by atoms with Gasteiger partial charge < -0.3 is 9.13 Å². The normalized spacial score (nSPS) is 15.3. The van der Waals surface area contributed by atoms with Crippen LogP contribution in [0.15, 0.2) is 81.8 Å². The minimum atomic E-state index is -0.324. The van der Waals surface area contributed by atoms with Crippen molar-refractivity contribution in [3.63, 3.8) is 0 Å². The van der Waals surface area contributed by atoms with Crippen LogP contribution in [0.25, 0.3) is 52.0 Å². The number of nitrogens with zero attached hydrogens (tertiary/aromatic N) is 8. The molecule has 0 fully saturated rings. The van der Waals surface area contributed by atoms with E-state index in [0.717, 1.165) is 40.9 Å².